The molecule has 1 aromatic carbocycles. The van der Waals surface area contributed by atoms with Crippen LogP contribution in [0.1, 0.15) is 46.3 Å². The molecule has 0 spiro atoms. The Hall–Kier alpha value is -2.88. The zero-order valence-electron chi connectivity index (χ0n) is 15.9. The summed E-state index contributed by atoms with van der Waals surface area (Å²) in [4.78, 5) is 16.6. The number of fused-ring (bicyclic) bond motifs is 1. The number of amides is 1. The van der Waals surface area contributed by atoms with Crippen molar-refractivity contribution in [3.05, 3.63) is 82.9 Å². The van der Waals surface area contributed by atoms with Crippen molar-refractivity contribution >= 4 is 5.91 Å². The third kappa shape index (κ3) is 3.65. The summed E-state index contributed by atoms with van der Waals surface area (Å²) in [5.74, 6) is 0.685. The predicted molar refractivity (Wildman–Crippen MR) is 107 cm³/mol. The van der Waals surface area contributed by atoms with Gasteiger partial charge in [-0.15, -0.1) is 0 Å². The second-order valence-electron chi connectivity index (χ2n) is 7.49. The summed E-state index contributed by atoms with van der Waals surface area (Å²) < 4.78 is 2.34. The van der Waals surface area contributed by atoms with E-state index in [4.69, 9.17) is 0 Å². The summed E-state index contributed by atoms with van der Waals surface area (Å²) in [7, 11) is 0. The van der Waals surface area contributed by atoms with Gasteiger partial charge in [0.1, 0.15) is 0 Å². The van der Waals surface area contributed by atoms with Crippen molar-refractivity contribution in [1.82, 2.24) is 14.9 Å². The Bertz CT molecular complexity index is 942. The molecule has 27 heavy (non-hydrogen) atoms. The fraction of sp³-hybridized carbons (Fsp3) is 0.304. The highest BCUT2D eigenvalue weighted by atomic mass is 16.1. The van der Waals surface area contributed by atoms with E-state index in [0.29, 0.717) is 12.1 Å². The second-order valence-corrected chi connectivity index (χ2v) is 7.49. The largest absolute Gasteiger partial charge is 0.346 e. The minimum atomic E-state index is -0.0766. The third-order valence-electron chi connectivity index (χ3n) is 5.36. The molecule has 1 aliphatic rings. The second kappa shape index (κ2) is 7.39. The van der Waals surface area contributed by atoms with Crippen molar-refractivity contribution in [2.24, 2.45) is 5.92 Å². The van der Waals surface area contributed by atoms with E-state index < -0.39 is 0 Å². The molecule has 0 bridgehead atoms. The molecule has 4 rings (SSSR count). The first-order valence-electron chi connectivity index (χ1n) is 9.60. The number of carbonyl (C=O) groups excluding carboxylic acids is 1. The molecule has 138 valence electrons. The van der Waals surface area contributed by atoms with E-state index in [9.17, 15) is 4.79 Å². The highest BCUT2D eigenvalue weighted by Gasteiger charge is 2.21. The van der Waals surface area contributed by atoms with Crippen molar-refractivity contribution in [3.63, 3.8) is 0 Å². The molecule has 4 nitrogen and oxygen atoms in total. The van der Waals surface area contributed by atoms with E-state index in [1.54, 1.807) is 6.20 Å². The van der Waals surface area contributed by atoms with Crippen LogP contribution in [0.4, 0.5) is 0 Å². The fourth-order valence-corrected chi connectivity index (χ4v) is 3.96. The zero-order chi connectivity index (χ0) is 18.8. The molecule has 1 amide bonds. The Balaban J connectivity index is 1.50. The van der Waals surface area contributed by atoms with Crippen LogP contribution in [0.5, 0.6) is 0 Å². The topological polar surface area (TPSA) is 46.9 Å². The number of aryl methyl sites for hydroxylation is 1. The number of pyridine rings is 1. The van der Waals surface area contributed by atoms with Gasteiger partial charge in [0.05, 0.1) is 12.2 Å². The molecule has 0 saturated carbocycles. The minimum absolute atomic E-state index is 0.0766. The minimum Gasteiger partial charge on any atom is -0.346 e. The van der Waals surface area contributed by atoms with Gasteiger partial charge in [-0.1, -0.05) is 13.0 Å². The van der Waals surface area contributed by atoms with Gasteiger partial charge in [0.15, 0.2) is 0 Å². The summed E-state index contributed by atoms with van der Waals surface area (Å²) in [6.07, 6.45) is 5.26. The molecule has 4 heteroatoms. The number of nitrogens with one attached hydrogen (secondary N) is 1. The standard InChI is InChI=1S/C23H25N3O/c1-16-6-11-22-19(13-16)14-17(2)26(22)21-9-7-18(8-10-21)23(27)25-15-20-5-3-4-12-24-20/h3-5,7-10,12,14,16H,6,11,13,15H2,1-2H3,(H,25,27). The first-order chi connectivity index (χ1) is 13.1. The summed E-state index contributed by atoms with van der Waals surface area (Å²) in [6, 6.07) is 15.9. The predicted octanol–water partition coefficient (Wildman–Crippen LogP) is 4.24. The monoisotopic (exact) mass is 359 g/mol. The highest BCUT2D eigenvalue weighted by Crippen LogP contribution is 2.30. The number of carbonyl (C=O) groups is 1. The van der Waals surface area contributed by atoms with Gasteiger partial charge in [-0.25, -0.2) is 0 Å². The van der Waals surface area contributed by atoms with Crippen molar-refractivity contribution in [3.8, 4) is 5.69 Å². The molecule has 1 unspecified atom stereocenters. The molecule has 1 N–H and O–H groups in total. The van der Waals surface area contributed by atoms with Gasteiger partial charge in [-0.05, 0) is 80.1 Å². The normalized spacial score (nSPS) is 16.0. The summed E-state index contributed by atoms with van der Waals surface area (Å²) in [6.45, 7) is 4.92. The van der Waals surface area contributed by atoms with Crippen LogP contribution in [0, 0.1) is 12.8 Å². The smallest absolute Gasteiger partial charge is 0.251 e. The summed E-state index contributed by atoms with van der Waals surface area (Å²) in [5, 5.41) is 2.93. The van der Waals surface area contributed by atoms with E-state index >= 15 is 0 Å². The average Bonchev–Trinajstić information content (AvgIpc) is 3.01. The Kier molecular flexibility index (Phi) is 4.80. The molecule has 1 aliphatic carbocycles. The number of hydrogen-bond donors (Lipinski definition) is 1. The molecule has 3 aromatic rings. The van der Waals surface area contributed by atoms with Crippen LogP contribution >= 0.6 is 0 Å². The van der Waals surface area contributed by atoms with Crippen molar-refractivity contribution in [2.45, 2.75) is 39.7 Å². The third-order valence-corrected chi connectivity index (χ3v) is 5.36. The molecule has 0 radical (unpaired) electrons. The van der Waals surface area contributed by atoms with E-state index in [-0.39, 0.29) is 5.91 Å². The maximum absolute atomic E-state index is 12.4. The molecule has 2 aromatic heterocycles. The van der Waals surface area contributed by atoms with E-state index in [2.05, 4.69) is 34.8 Å². The van der Waals surface area contributed by atoms with Crippen molar-refractivity contribution in [1.29, 1.82) is 0 Å². The molecule has 0 fully saturated rings. The van der Waals surface area contributed by atoms with Crippen LogP contribution in [0.3, 0.4) is 0 Å². The lowest BCUT2D eigenvalue weighted by Gasteiger charge is -2.21. The van der Waals surface area contributed by atoms with Gasteiger partial charge < -0.3 is 9.88 Å². The number of rotatable bonds is 4. The molecule has 0 aliphatic heterocycles. The number of nitrogens with zero attached hydrogens (tertiary/aromatic N) is 2. The van der Waals surface area contributed by atoms with Crippen molar-refractivity contribution in [2.75, 3.05) is 0 Å². The lowest BCUT2D eigenvalue weighted by Crippen LogP contribution is -2.23. The van der Waals surface area contributed by atoms with Crippen LogP contribution in [0.15, 0.2) is 54.7 Å². The highest BCUT2D eigenvalue weighted by molar-refractivity contribution is 5.94. The Morgan fingerprint density at radius 2 is 2.04 bits per heavy atom. The number of hydrogen-bond acceptors (Lipinski definition) is 2. The van der Waals surface area contributed by atoms with Gasteiger partial charge in [0.2, 0.25) is 0 Å². The Morgan fingerprint density at radius 3 is 2.78 bits per heavy atom. The van der Waals surface area contributed by atoms with E-state index in [1.807, 2.05) is 42.5 Å². The van der Waals surface area contributed by atoms with Crippen molar-refractivity contribution < 1.29 is 4.79 Å². The molecule has 2 heterocycles. The van der Waals surface area contributed by atoms with Crippen LogP contribution in [-0.2, 0) is 19.4 Å². The Morgan fingerprint density at radius 1 is 1.22 bits per heavy atom. The average molecular weight is 359 g/mol. The zero-order valence-corrected chi connectivity index (χ0v) is 15.9. The molecule has 1 atom stereocenters. The lowest BCUT2D eigenvalue weighted by atomic mass is 9.89. The van der Waals surface area contributed by atoms with E-state index in [1.165, 1.54) is 23.4 Å². The van der Waals surface area contributed by atoms with Gasteiger partial charge in [0.25, 0.3) is 5.91 Å². The first kappa shape index (κ1) is 17.5. The lowest BCUT2D eigenvalue weighted by molar-refractivity contribution is 0.0950. The van der Waals surface area contributed by atoms with Gasteiger partial charge >= 0.3 is 0 Å². The fourth-order valence-electron chi connectivity index (χ4n) is 3.96. The van der Waals surface area contributed by atoms with Gasteiger partial charge in [-0.2, -0.15) is 0 Å². The van der Waals surface area contributed by atoms with Crippen LogP contribution < -0.4 is 5.32 Å². The number of aromatic nitrogens is 2. The SMILES string of the molecule is Cc1cc2c(n1-c1ccc(C(=O)NCc3ccccn3)cc1)CCC(C)C2. The molecular formula is C23H25N3O. The van der Waals surface area contributed by atoms with Gasteiger partial charge in [-0.3, -0.25) is 9.78 Å². The molecular weight excluding hydrogens is 334 g/mol. The Labute approximate surface area is 160 Å². The number of benzene rings is 1. The van der Waals surface area contributed by atoms with E-state index in [0.717, 1.165) is 30.1 Å². The maximum Gasteiger partial charge on any atom is 0.251 e. The quantitative estimate of drug-likeness (QED) is 0.757. The summed E-state index contributed by atoms with van der Waals surface area (Å²) in [5.41, 5.74) is 6.82. The van der Waals surface area contributed by atoms with Crippen LogP contribution in [0.25, 0.3) is 5.69 Å². The first-order valence-corrected chi connectivity index (χ1v) is 9.60. The van der Waals surface area contributed by atoms with Crippen LogP contribution in [-0.4, -0.2) is 15.5 Å². The maximum atomic E-state index is 12.4. The van der Waals surface area contributed by atoms with Crippen LogP contribution in [0.2, 0.25) is 0 Å². The van der Waals surface area contributed by atoms with Gasteiger partial charge in [0, 0.05) is 28.8 Å². The molecule has 0 saturated heterocycles. The summed E-state index contributed by atoms with van der Waals surface area (Å²) >= 11 is 0.